The molecule has 0 aromatic heterocycles. The Hall–Kier alpha value is -0.730. The van der Waals surface area contributed by atoms with Crippen molar-refractivity contribution in [2.75, 3.05) is 0 Å². The van der Waals surface area contributed by atoms with Gasteiger partial charge in [-0.1, -0.05) is 0 Å². The van der Waals surface area contributed by atoms with Crippen molar-refractivity contribution in [3.05, 3.63) is 11.0 Å². The van der Waals surface area contributed by atoms with E-state index < -0.39 is 35.2 Å². The summed E-state index contributed by atoms with van der Waals surface area (Å²) in [6.07, 6.45) is -10.1. The Labute approximate surface area is 87.6 Å². The van der Waals surface area contributed by atoms with Gasteiger partial charge in [-0.25, -0.2) is 8.78 Å². The van der Waals surface area contributed by atoms with Crippen LogP contribution in [0.4, 0.5) is 35.1 Å². The molecule has 0 N–H and O–H groups in total. The summed E-state index contributed by atoms with van der Waals surface area (Å²) in [7, 11) is 0. The number of alkyl halides is 7. The van der Waals surface area contributed by atoms with Crippen LogP contribution >= 0.6 is 11.6 Å². The molecule has 0 fully saturated rings. The van der Waals surface area contributed by atoms with Gasteiger partial charge in [-0.05, 0) is 11.6 Å². The molecule has 0 aliphatic carbocycles. The third-order valence-electron chi connectivity index (χ3n) is 1.73. The molecule has 1 nitrogen and oxygen atoms in total. The second-order valence-corrected chi connectivity index (χ2v) is 3.14. The third kappa shape index (κ3) is 1.52. The van der Waals surface area contributed by atoms with Gasteiger partial charge >= 0.3 is 18.0 Å². The van der Waals surface area contributed by atoms with Crippen LogP contribution in [0.3, 0.4) is 0 Å². The fraction of sp³-hybridized carbons (Fsp3) is 0.667. The van der Waals surface area contributed by atoms with E-state index in [1.165, 1.54) is 0 Å². The first-order valence-electron chi connectivity index (χ1n) is 3.47. The summed E-state index contributed by atoms with van der Waals surface area (Å²) in [5, 5.41) is -2.17. The van der Waals surface area contributed by atoms with Gasteiger partial charge in [0, 0.05) is 0 Å². The molecule has 0 aromatic rings. The largest absolute Gasteiger partial charge is 0.471 e. The zero-order valence-corrected chi connectivity index (χ0v) is 7.64. The monoisotopic (exact) mass is 276 g/mol. The Kier molecular flexibility index (Phi) is 2.82. The minimum absolute atomic E-state index is 2.17. The van der Waals surface area contributed by atoms with Gasteiger partial charge in [0.05, 0.1) is 0 Å². The zero-order chi connectivity index (χ0) is 12.9. The average molecular weight is 277 g/mol. The van der Waals surface area contributed by atoms with E-state index in [0.29, 0.717) is 0 Å². The van der Waals surface area contributed by atoms with Crippen molar-refractivity contribution in [1.29, 1.82) is 0 Å². The van der Waals surface area contributed by atoms with Gasteiger partial charge in [0.15, 0.2) is 5.83 Å². The molecule has 0 amide bonds. The molecular formula is C6HClF8O. The molecule has 1 aliphatic rings. The van der Waals surface area contributed by atoms with Gasteiger partial charge in [0.1, 0.15) is 0 Å². The third-order valence-corrected chi connectivity index (χ3v) is 1.99. The predicted molar refractivity (Wildman–Crippen MR) is 34.8 cm³/mol. The van der Waals surface area contributed by atoms with Gasteiger partial charge in [0.2, 0.25) is 11.4 Å². The molecule has 1 rings (SSSR count). The SMILES string of the molecule is FC1=C(Cl)OC(F)(F)C(F)(F)C(F)(F)C1F. The van der Waals surface area contributed by atoms with E-state index in [9.17, 15) is 35.1 Å². The van der Waals surface area contributed by atoms with Crippen molar-refractivity contribution in [2.45, 2.75) is 24.1 Å². The van der Waals surface area contributed by atoms with Gasteiger partial charge in [0.25, 0.3) is 0 Å². The normalized spacial score (nSPS) is 31.9. The Morgan fingerprint density at radius 2 is 1.50 bits per heavy atom. The molecule has 1 heterocycles. The van der Waals surface area contributed by atoms with Crippen molar-refractivity contribution in [3.8, 4) is 0 Å². The second-order valence-electron chi connectivity index (χ2n) is 2.80. The first kappa shape index (κ1) is 13.3. The van der Waals surface area contributed by atoms with Crippen LogP contribution in [-0.4, -0.2) is 24.1 Å². The number of halogens is 9. The van der Waals surface area contributed by atoms with Crippen LogP contribution in [0.1, 0.15) is 0 Å². The van der Waals surface area contributed by atoms with E-state index >= 15 is 0 Å². The van der Waals surface area contributed by atoms with Crippen LogP contribution in [-0.2, 0) is 4.74 Å². The predicted octanol–water partition coefficient (Wildman–Crippen LogP) is 3.60. The smallest absolute Gasteiger partial charge is 0.414 e. The molecule has 0 bridgehead atoms. The summed E-state index contributed by atoms with van der Waals surface area (Å²) in [5.41, 5.74) is 0. The Balaban J connectivity index is 3.41. The first-order valence-corrected chi connectivity index (χ1v) is 3.84. The van der Waals surface area contributed by atoms with Crippen LogP contribution in [0, 0.1) is 0 Å². The average Bonchev–Trinajstić information content (AvgIpc) is 2.14. The topological polar surface area (TPSA) is 9.23 Å². The molecule has 10 heteroatoms. The maximum atomic E-state index is 12.5. The van der Waals surface area contributed by atoms with Crippen molar-refractivity contribution in [3.63, 3.8) is 0 Å². The Morgan fingerprint density at radius 3 is 1.94 bits per heavy atom. The lowest BCUT2D eigenvalue weighted by Crippen LogP contribution is -2.57. The van der Waals surface area contributed by atoms with Crippen molar-refractivity contribution in [2.24, 2.45) is 0 Å². The van der Waals surface area contributed by atoms with Crippen molar-refractivity contribution < 1.29 is 39.9 Å². The molecule has 1 atom stereocenters. The maximum absolute atomic E-state index is 12.5. The Bertz CT molecular complexity index is 337. The van der Waals surface area contributed by atoms with E-state index in [0.717, 1.165) is 0 Å². The highest BCUT2D eigenvalue weighted by Gasteiger charge is 2.79. The number of ether oxygens (including phenoxy) is 1. The summed E-state index contributed by atoms with van der Waals surface area (Å²) < 4.78 is 103. The van der Waals surface area contributed by atoms with Crippen molar-refractivity contribution >= 4 is 11.6 Å². The number of rotatable bonds is 0. The summed E-state index contributed by atoms with van der Waals surface area (Å²) in [6, 6.07) is 0. The highest BCUT2D eigenvalue weighted by atomic mass is 35.5. The highest BCUT2D eigenvalue weighted by molar-refractivity contribution is 6.28. The van der Waals surface area contributed by atoms with Crippen LogP contribution in [0.15, 0.2) is 11.0 Å². The quantitative estimate of drug-likeness (QED) is 0.614. The van der Waals surface area contributed by atoms with Gasteiger partial charge < -0.3 is 4.74 Å². The standard InChI is InChI=1S/C6HClF8O/c7-3-1(8)2(9)4(10,11)5(12,13)6(14,15)16-3/h2H. The van der Waals surface area contributed by atoms with Crippen molar-refractivity contribution in [1.82, 2.24) is 0 Å². The van der Waals surface area contributed by atoms with Crippen LogP contribution in [0.2, 0.25) is 0 Å². The number of hydrogen-bond acceptors (Lipinski definition) is 1. The molecule has 1 unspecified atom stereocenters. The molecule has 0 radical (unpaired) electrons. The van der Waals surface area contributed by atoms with Gasteiger partial charge in [-0.15, -0.1) is 0 Å². The fourth-order valence-corrected chi connectivity index (χ4v) is 1.03. The van der Waals surface area contributed by atoms with Gasteiger partial charge in [-0.3, -0.25) is 0 Å². The summed E-state index contributed by atoms with van der Waals surface area (Å²) in [5.74, 6) is -15.0. The second kappa shape index (κ2) is 3.38. The van der Waals surface area contributed by atoms with E-state index in [1.807, 2.05) is 0 Å². The molecule has 0 aromatic carbocycles. The molecule has 1 aliphatic heterocycles. The minimum Gasteiger partial charge on any atom is -0.414 e. The van der Waals surface area contributed by atoms with E-state index in [4.69, 9.17) is 0 Å². The lowest BCUT2D eigenvalue weighted by Gasteiger charge is -2.29. The minimum atomic E-state index is -6.24. The summed E-state index contributed by atoms with van der Waals surface area (Å²) in [4.78, 5) is 0. The maximum Gasteiger partial charge on any atom is 0.471 e. The summed E-state index contributed by atoms with van der Waals surface area (Å²) in [6.45, 7) is 0. The lowest BCUT2D eigenvalue weighted by atomic mass is 10.1. The first-order chi connectivity index (χ1) is 6.95. The van der Waals surface area contributed by atoms with Crippen LogP contribution < -0.4 is 0 Å². The molecule has 16 heavy (non-hydrogen) atoms. The van der Waals surface area contributed by atoms with Gasteiger partial charge in [-0.2, -0.15) is 26.3 Å². The van der Waals surface area contributed by atoms with E-state index in [1.54, 1.807) is 0 Å². The molecule has 0 saturated heterocycles. The molecular weight excluding hydrogens is 276 g/mol. The number of hydrogen-bond donors (Lipinski definition) is 0. The molecule has 0 spiro atoms. The van der Waals surface area contributed by atoms with E-state index in [-0.39, 0.29) is 0 Å². The van der Waals surface area contributed by atoms with Crippen LogP contribution in [0.25, 0.3) is 0 Å². The molecule has 94 valence electrons. The molecule has 0 saturated carbocycles. The lowest BCUT2D eigenvalue weighted by molar-refractivity contribution is -0.387. The number of allylic oxidation sites excluding steroid dienone is 1. The van der Waals surface area contributed by atoms with E-state index in [2.05, 4.69) is 16.3 Å². The van der Waals surface area contributed by atoms with Crippen LogP contribution in [0.5, 0.6) is 0 Å². The summed E-state index contributed by atoms with van der Waals surface area (Å²) >= 11 is 4.50. The fourth-order valence-electron chi connectivity index (χ4n) is 0.837. The highest BCUT2D eigenvalue weighted by Crippen LogP contribution is 2.53. The Morgan fingerprint density at radius 1 is 1.06 bits per heavy atom. The zero-order valence-electron chi connectivity index (χ0n) is 6.89.